The van der Waals surface area contributed by atoms with Crippen LogP contribution in [0.3, 0.4) is 0 Å². The molecule has 2 heterocycles. The van der Waals surface area contributed by atoms with Crippen molar-refractivity contribution in [1.29, 1.82) is 0 Å². The molecular weight excluding hydrogens is 542 g/mol. The lowest BCUT2D eigenvalue weighted by Crippen LogP contribution is -2.66. The Hall–Kier alpha value is -1.98. The largest absolute Gasteiger partial charge is 0.394 e. The number of aliphatic hydroxyl groups excluding tert-OH is 7. The van der Waals surface area contributed by atoms with E-state index in [4.69, 9.17) is 41.9 Å². The molecule has 0 radical (unpaired) electrons. The highest BCUT2D eigenvalue weighted by Crippen LogP contribution is 2.39. The minimum Gasteiger partial charge on any atom is -0.394 e. The van der Waals surface area contributed by atoms with Gasteiger partial charge in [0.25, 0.3) is 0 Å². The summed E-state index contributed by atoms with van der Waals surface area (Å²) in [6.07, 6.45) is -16.9. The SMILES string of the molecule is CN[C@@H]1[C@H](O[C@@H]2[C@H](O[C@@H]3[C@H](O)[C@H](O)[C@H](N=C(N)N)[C@H](O)[C@@H]3N=C(N)N)O[C@H](C)[C@]2(O)CO)O[C@H](CO)[C@H](O)[C@@H]1O. The van der Waals surface area contributed by atoms with E-state index >= 15 is 0 Å². The van der Waals surface area contributed by atoms with E-state index in [2.05, 4.69) is 15.3 Å². The van der Waals surface area contributed by atoms with E-state index in [9.17, 15) is 40.9 Å². The first-order valence-electron chi connectivity index (χ1n) is 12.5. The van der Waals surface area contributed by atoms with Gasteiger partial charge in [0.15, 0.2) is 24.5 Å². The van der Waals surface area contributed by atoms with Crippen molar-refractivity contribution in [3.63, 3.8) is 0 Å². The van der Waals surface area contributed by atoms with Crippen molar-refractivity contribution in [1.82, 2.24) is 5.32 Å². The van der Waals surface area contributed by atoms with Gasteiger partial charge in [-0.25, -0.2) is 9.98 Å². The van der Waals surface area contributed by atoms with Gasteiger partial charge >= 0.3 is 0 Å². The van der Waals surface area contributed by atoms with Crippen LogP contribution in [-0.2, 0) is 18.9 Å². The third kappa shape index (κ3) is 6.11. The van der Waals surface area contributed by atoms with Crippen LogP contribution in [0.4, 0.5) is 0 Å². The number of guanidine groups is 2. The summed E-state index contributed by atoms with van der Waals surface area (Å²) in [6, 6.07) is -4.00. The Balaban J connectivity index is 1.96. The fraction of sp³-hybridized carbons (Fsp3) is 0.905. The van der Waals surface area contributed by atoms with Gasteiger partial charge < -0.3 is 88.1 Å². The van der Waals surface area contributed by atoms with Gasteiger partial charge in [-0.3, -0.25) is 0 Å². The summed E-state index contributed by atoms with van der Waals surface area (Å²) < 4.78 is 23.2. The van der Waals surface area contributed by atoms with E-state index < -0.39 is 116 Å². The number of nitrogens with zero attached hydrogens (tertiary/aromatic N) is 2. The molecule has 0 aromatic heterocycles. The van der Waals surface area contributed by atoms with Crippen LogP contribution in [0.25, 0.3) is 0 Å². The fourth-order valence-electron chi connectivity index (χ4n) is 5.17. The van der Waals surface area contributed by atoms with Gasteiger partial charge in [0.05, 0.1) is 25.4 Å². The lowest BCUT2D eigenvalue weighted by atomic mass is 9.81. The van der Waals surface area contributed by atoms with Gasteiger partial charge in [-0.2, -0.15) is 0 Å². The van der Waals surface area contributed by atoms with Crippen molar-refractivity contribution in [2.24, 2.45) is 32.9 Å². The van der Waals surface area contributed by atoms with Crippen molar-refractivity contribution in [2.75, 3.05) is 20.3 Å². The Kier molecular flexibility index (Phi) is 10.5. The second-order valence-electron chi connectivity index (χ2n) is 10.0. The lowest BCUT2D eigenvalue weighted by Gasteiger charge is -2.45. The second-order valence-corrected chi connectivity index (χ2v) is 10.0. The molecule has 0 bridgehead atoms. The molecule has 0 aromatic rings. The third-order valence-electron chi connectivity index (χ3n) is 7.49. The molecule has 0 unspecified atom stereocenters. The summed E-state index contributed by atoms with van der Waals surface area (Å²) >= 11 is 0. The van der Waals surface area contributed by atoms with Crippen LogP contribution in [0.1, 0.15) is 6.92 Å². The molecule has 0 spiro atoms. The molecule has 1 saturated carbocycles. The molecule has 2 aliphatic heterocycles. The number of hydrogen-bond acceptors (Lipinski definition) is 15. The second kappa shape index (κ2) is 12.9. The lowest BCUT2D eigenvalue weighted by molar-refractivity contribution is -0.317. The van der Waals surface area contributed by atoms with Crippen LogP contribution < -0.4 is 28.3 Å². The number of nitrogens with two attached hydrogens (primary N) is 4. The van der Waals surface area contributed by atoms with Gasteiger partial charge in [-0.1, -0.05) is 0 Å². The normalized spacial score (nSPS) is 47.5. The van der Waals surface area contributed by atoms with Crippen LogP contribution >= 0.6 is 0 Å². The number of nitrogens with one attached hydrogen (secondary N) is 1. The number of rotatable bonds is 9. The maximum Gasteiger partial charge on any atom is 0.187 e. The highest BCUT2D eigenvalue weighted by molar-refractivity contribution is 5.76. The number of aliphatic imine (C=N–C) groups is 2. The molecule has 40 heavy (non-hydrogen) atoms. The zero-order valence-corrected chi connectivity index (χ0v) is 21.9. The van der Waals surface area contributed by atoms with Gasteiger partial charge in [0.1, 0.15) is 66.5 Å². The molecule has 232 valence electrons. The minimum absolute atomic E-state index is 0.493. The number of aliphatic hydroxyl groups is 8. The van der Waals surface area contributed by atoms with E-state index in [1.54, 1.807) is 0 Å². The van der Waals surface area contributed by atoms with E-state index in [0.29, 0.717) is 0 Å². The molecule has 0 amide bonds. The van der Waals surface area contributed by atoms with E-state index in [1.165, 1.54) is 14.0 Å². The van der Waals surface area contributed by atoms with Crippen molar-refractivity contribution < 1.29 is 59.8 Å². The zero-order chi connectivity index (χ0) is 30.1. The maximum atomic E-state index is 11.3. The Morgan fingerprint density at radius 3 is 1.95 bits per heavy atom. The van der Waals surface area contributed by atoms with Crippen LogP contribution in [-0.4, -0.2) is 164 Å². The van der Waals surface area contributed by atoms with Crippen LogP contribution in [0.2, 0.25) is 0 Å². The molecule has 15 atom stereocenters. The van der Waals surface area contributed by atoms with E-state index in [1.807, 2.05) is 0 Å². The van der Waals surface area contributed by atoms with Crippen LogP contribution in [0, 0.1) is 0 Å². The van der Waals surface area contributed by atoms with E-state index in [-0.39, 0.29) is 0 Å². The summed E-state index contributed by atoms with van der Waals surface area (Å²) in [5, 5.41) is 87.0. The zero-order valence-electron chi connectivity index (χ0n) is 21.9. The molecule has 19 nitrogen and oxygen atoms in total. The van der Waals surface area contributed by atoms with Gasteiger partial charge in [-0.05, 0) is 14.0 Å². The van der Waals surface area contributed by atoms with Crippen molar-refractivity contribution >= 4 is 11.9 Å². The molecular formula is C21H41N7O12. The molecule has 3 aliphatic rings. The molecule has 3 rings (SSSR count). The third-order valence-corrected chi connectivity index (χ3v) is 7.49. The average molecular weight is 584 g/mol. The highest BCUT2D eigenvalue weighted by Gasteiger charge is 2.60. The highest BCUT2D eigenvalue weighted by atomic mass is 16.8. The fourth-order valence-corrected chi connectivity index (χ4v) is 5.17. The van der Waals surface area contributed by atoms with Crippen LogP contribution in [0.15, 0.2) is 9.98 Å². The topological polar surface area (TPSA) is 340 Å². The molecule has 1 aliphatic carbocycles. The first kappa shape index (κ1) is 32.5. The summed E-state index contributed by atoms with van der Waals surface area (Å²) in [6.45, 7) is -0.199. The molecule has 2 saturated heterocycles. The van der Waals surface area contributed by atoms with Gasteiger partial charge in [0, 0.05) is 0 Å². The molecule has 0 aromatic carbocycles. The summed E-state index contributed by atoms with van der Waals surface area (Å²) in [5.74, 6) is -1.01. The molecule has 19 heteroatoms. The Labute approximate surface area is 229 Å². The predicted octanol–water partition coefficient (Wildman–Crippen LogP) is -8.37. The molecule has 3 fully saturated rings. The Morgan fingerprint density at radius 1 is 0.825 bits per heavy atom. The summed E-state index contributed by atoms with van der Waals surface area (Å²) in [7, 11) is 1.44. The van der Waals surface area contributed by atoms with E-state index in [0.717, 1.165) is 0 Å². The monoisotopic (exact) mass is 583 g/mol. The summed E-state index contributed by atoms with van der Waals surface area (Å²) in [4.78, 5) is 7.66. The maximum absolute atomic E-state index is 11.3. The van der Waals surface area contributed by atoms with Crippen molar-refractivity contribution in [2.45, 2.75) is 98.2 Å². The van der Waals surface area contributed by atoms with Crippen molar-refractivity contribution in [3.8, 4) is 0 Å². The smallest absolute Gasteiger partial charge is 0.187 e. The van der Waals surface area contributed by atoms with Gasteiger partial charge in [-0.15, -0.1) is 0 Å². The van der Waals surface area contributed by atoms with Crippen LogP contribution in [0.5, 0.6) is 0 Å². The minimum atomic E-state index is -2.15. The standard InChI is InChI=1S/C21H41N7O12/c1-5-21(36,4-30)16(40-17-9(26-2)13(34)10(31)6(3-29)38-17)18(37-5)39-15-8(28-20(24)25)11(32)7(27-19(22)23)12(33)14(15)35/h5-18,26,29-36H,3-4H2,1-2H3,(H4,22,23,27)(H4,24,25,28)/t5-,6-,7-,8+,9+,10+,11+,12-,13-,14-,15+,16-,17+,18+,21-/m1/s1. The molecule has 17 N–H and O–H groups in total. The predicted molar refractivity (Wildman–Crippen MR) is 134 cm³/mol. The summed E-state index contributed by atoms with van der Waals surface area (Å²) in [5.41, 5.74) is 19.7. The Morgan fingerprint density at radius 2 is 1.43 bits per heavy atom. The first-order valence-corrected chi connectivity index (χ1v) is 12.5. The number of likely N-dealkylation sites (N-methyl/N-ethyl adjacent to an activating group) is 1. The number of hydrogen-bond donors (Lipinski definition) is 13. The quantitative estimate of drug-likeness (QED) is 0.0884. The Bertz CT molecular complexity index is 911. The van der Waals surface area contributed by atoms with Crippen molar-refractivity contribution in [3.05, 3.63) is 0 Å². The first-order chi connectivity index (χ1) is 18.7. The average Bonchev–Trinajstić information content (AvgIpc) is 3.13. The van der Waals surface area contributed by atoms with Gasteiger partial charge in [0.2, 0.25) is 0 Å². The number of ether oxygens (including phenoxy) is 4.